The molecular weight excluding hydrogens is 408 g/mol. The molecule has 7 nitrogen and oxygen atoms in total. The van der Waals surface area contributed by atoms with Crippen molar-refractivity contribution in [3.05, 3.63) is 71.8 Å². The SMILES string of the molecule is C[C@H](N[C@@H](CCc1ccccc1)C(=O)OCc1ccccc1)C(=O)N1CCC[C@H]1C(=O)O. The number of nitrogens with zero attached hydrogens (tertiary/aromatic N) is 1. The third-order valence-electron chi connectivity index (χ3n) is 5.72. The fraction of sp³-hybridized carbons (Fsp3) is 0.400. The van der Waals surface area contributed by atoms with E-state index in [2.05, 4.69) is 5.32 Å². The number of esters is 1. The molecule has 170 valence electrons. The first-order valence-corrected chi connectivity index (χ1v) is 11.0. The summed E-state index contributed by atoms with van der Waals surface area (Å²) in [5.74, 6) is -1.73. The lowest BCUT2D eigenvalue weighted by atomic mass is 10.0. The minimum atomic E-state index is -0.994. The van der Waals surface area contributed by atoms with Gasteiger partial charge >= 0.3 is 11.9 Å². The largest absolute Gasteiger partial charge is 0.480 e. The second kappa shape index (κ2) is 11.4. The number of rotatable bonds is 10. The number of likely N-dealkylation sites (tertiary alicyclic amines) is 1. The van der Waals surface area contributed by atoms with Gasteiger partial charge in [0.25, 0.3) is 0 Å². The Kier molecular flexibility index (Phi) is 8.39. The molecule has 0 radical (unpaired) electrons. The molecule has 0 aliphatic carbocycles. The Labute approximate surface area is 188 Å². The molecule has 3 atom stereocenters. The van der Waals surface area contributed by atoms with E-state index in [9.17, 15) is 19.5 Å². The number of aryl methyl sites for hydroxylation is 1. The summed E-state index contributed by atoms with van der Waals surface area (Å²) in [6.07, 6.45) is 2.20. The average Bonchev–Trinajstić information content (AvgIpc) is 3.31. The molecule has 0 saturated carbocycles. The van der Waals surface area contributed by atoms with Crippen molar-refractivity contribution in [2.24, 2.45) is 0 Å². The number of carboxylic acid groups (broad SMARTS) is 1. The lowest BCUT2D eigenvalue weighted by Gasteiger charge is -2.28. The first-order valence-electron chi connectivity index (χ1n) is 11.0. The number of hydrogen-bond donors (Lipinski definition) is 2. The van der Waals surface area contributed by atoms with Gasteiger partial charge in [0.15, 0.2) is 0 Å². The van der Waals surface area contributed by atoms with Gasteiger partial charge in [0.2, 0.25) is 5.91 Å². The van der Waals surface area contributed by atoms with E-state index >= 15 is 0 Å². The van der Waals surface area contributed by atoms with Gasteiger partial charge in [-0.15, -0.1) is 0 Å². The number of ether oxygens (including phenoxy) is 1. The van der Waals surface area contributed by atoms with Gasteiger partial charge in [0.05, 0.1) is 6.04 Å². The number of carboxylic acids is 1. The number of carbonyl (C=O) groups is 3. The van der Waals surface area contributed by atoms with Crippen LogP contribution < -0.4 is 5.32 Å². The summed E-state index contributed by atoms with van der Waals surface area (Å²) in [5.41, 5.74) is 1.97. The third kappa shape index (κ3) is 6.40. The van der Waals surface area contributed by atoms with Crippen LogP contribution in [0.1, 0.15) is 37.3 Å². The van der Waals surface area contributed by atoms with Crippen molar-refractivity contribution >= 4 is 17.8 Å². The van der Waals surface area contributed by atoms with Crippen LogP contribution in [0.5, 0.6) is 0 Å². The second-order valence-electron chi connectivity index (χ2n) is 8.09. The zero-order chi connectivity index (χ0) is 22.9. The second-order valence-corrected chi connectivity index (χ2v) is 8.09. The fourth-order valence-corrected chi connectivity index (χ4v) is 3.96. The summed E-state index contributed by atoms with van der Waals surface area (Å²) in [6.45, 7) is 2.23. The van der Waals surface area contributed by atoms with Crippen LogP contribution in [-0.4, -0.2) is 52.5 Å². The van der Waals surface area contributed by atoms with Crippen LogP contribution in [0.4, 0.5) is 0 Å². The molecule has 1 heterocycles. The lowest BCUT2D eigenvalue weighted by Crippen LogP contribution is -2.53. The molecular formula is C25H30N2O5. The molecule has 2 aromatic carbocycles. The molecule has 0 spiro atoms. The van der Waals surface area contributed by atoms with Crippen LogP contribution in [0.15, 0.2) is 60.7 Å². The van der Waals surface area contributed by atoms with Crippen LogP contribution in [0, 0.1) is 0 Å². The highest BCUT2D eigenvalue weighted by atomic mass is 16.5. The summed E-state index contributed by atoms with van der Waals surface area (Å²) in [7, 11) is 0. The fourth-order valence-electron chi connectivity index (χ4n) is 3.96. The van der Waals surface area contributed by atoms with Crippen LogP contribution in [0.25, 0.3) is 0 Å². The first kappa shape index (κ1) is 23.5. The minimum absolute atomic E-state index is 0.152. The number of hydrogen-bond acceptors (Lipinski definition) is 5. The van der Waals surface area contributed by atoms with E-state index in [0.717, 1.165) is 11.1 Å². The van der Waals surface area contributed by atoms with E-state index in [0.29, 0.717) is 32.2 Å². The minimum Gasteiger partial charge on any atom is -0.480 e. The Hall–Kier alpha value is -3.19. The smallest absolute Gasteiger partial charge is 0.326 e. The summed E-state index contributed by atoms with van der Waals surface area (Å²) >= 11 is 0. The van der Waals surface area contributed by atoms with Crippen molar-refractivity contribution in [3.8, 4) is 0 Å². The molecule has 2 N–H and O–H groups in total. The van der Waals surface area contributed by atoms with Crippen LogP contribution >= 0.6 is 0 Å². The van der Waals surface area contributed by atoms with Crippen molar-refractivity contribution in [1.82, 2.24) is 10.2 Å². The number of benzene rings is 2. The zero-order valence-electron chi connectivity index (χ0n) is 18.3. The summed E-state index contributed by atoms with van der Waals surface area (Å²) in [6, 6.07) is 17.0. The molecule has 0 aromatic heterocycles. The highest BCUT2D eigenvalue weighted by Crippen LogP contribution is 2.19. The van der Waals surface area contributed by atoms with E-state index < -0.39 is 30.1 Å². The maximum atomic E-state index is 12.9. The Morgan fingerprint density at radius 2 is 1.69 bits per heavy atom. The van der Waals surface area contributed by atoms with Crippen molar-refractivity contribution in [1.29, 1.82) is 0 Å². The summed E-state index contributed by atoms with van der Waals surface area (Å²) in [5, 5.41) is 12.5. The molecule has 3 rings (SSSR count). The van der Waals surface area contributed by atoms with Crippen molar-refractivity contribution < 1.29 is 24.2 Å². The van der Waals surface area contributed by atoms with Gasteiger partial charge in [-0.25, -0.2) is 4.79 Å². The van der Waals surface area contributed by atoms with Crippen LogP contribution in [-0.2, 0) is 32.1 Å². The Bertz CT molecular complexity index is 903. The number of nitrogens with one attached hydrogen (secondary N) is 1. The van der Waals surface area contributed by atoms with E-state index in [-0.39, 0.29) is 12.5 Å². The molecule has 0 unspecified atom stereocenters. The molecule has 32 heavy (non-hydrogen) atoms. The number of amides is 1. The monoisotopic (exact) mass is 438 g/mol. The number of aliphatic carboxylic acids is 1. The van der Waals surface area contributed by atoms with E-state index in [1.54, 1.807) is 6.92 Å². The molecule has 0 bridgehead atoms. The number of carbonyl (C=O) groups excluding carboxylic acids is 2. The Balaban J connectivity index is 1.65. The van der Waals surface area contributed by atoms with Crippen LogP contribution in [0.2, 0.25) is 0 Å². The highest BCUT2D eigenvalue weighted by Gasteiger charge is 2.37. The van der Waals surface area contributed by atoms with Gasteiger partial charge in [-0.1, -0.05) is 60.7 Å². The predicted molar refractivity (Wildman–Crippen MR) is 120 cm³/mol. The predicted octanol–water partition coefficient (Wildman–Crippen LogP) is 2.78. The standard InChI is InChI=1S/C25H30N2O5/c1-18(23(28)27-16-8-13-22(27)24(29)30)26-21(15-14-19-9-4-2-5-10-19)25(31)32-17-20-11-6-3-7-12-20/h2-7,9-12,18,21-22,26H,8,13-17H2,1H3,(H,29,30)/t18-,21-,22-/m0/s1. The molecule has 1 amide bonds. The third-order valence-corrected chi connectivity index (χ3v) is 5.72. The van der Waals surface area contributed by atoms with Crippen molar-refractivity contribution in [3.63, 3.8) is 0 Å². The average molecular weight is 439 g/mol. The Morgan fingerprint density at radius 1 is 1.06 bits per heavy atom. The quantitative estimate of drug-likeness (QED) is 0.554. The molecule has 1 aliphatic heterocycles. The first-order chi connectivity index (χ1) is 15.5. The molecule has 2 aromatic rings. The highest BCUT2D eigenvalue weighted by molar-refractivity contribution is 5.88. The van der Waals surface area contributed by atoms with Crippen molar-refractivity contribution in [2.45, 2.75) is 57.3 Å². The van der Waals surface area contributed by atoms with Gasteiger partial charge in [-0.3, -0.25) is 14.9 Å². The van der Waals surface area contributed by atoms with E-state index in [1.165, 1.54) is 4.90 Å². The van der Waals surface area contributed by atoms with Crippen molar-refractivity contribution in [2.75, 3.05) is 6.54 Å². The van der Waals surface area contributed by atoms with Gasteiger partial charge in [-0.2, -0.15) is 0 Å². The summed E-state index contributed by atoms with van der Waals surface area (Å²) < 4.78 is 5.52. The van der Waals surface area contributed by atoms with E-state index in [1.807, 2.05) is 60.7 Å². The summed E-state index contributed by atoms with van der Waals surface area (Å²) in [4.78, 5) is 38.7. The Morgan fingerprint density at radius 3 is 2.31 bits per heavy atom. The molecule has 1 saturated heterocycles. The van der Waals surface area contributed by atoms with Gasteiger partial charge in [-0.05, 0) is 43.7 Å². The maximum Gasteiger partial charge on any atom is 0.326 e. The maximum absolute atomic E-state index is 12.9. The topological polar surface area (TPSA) is 95.9 Å². The molecule has 1 aliphatic rings. The molecule has 1 fully saturated rings. The lowest BCUT2D eigenvalue weighted by molar-refractivity contribution is -0.151. The van der Waals surface area contributed by atoms with Gasteiger partial charge < -0.3 is 14.7 Å². The van der Waals surface area contributed by atoms with E-state index in [4.69, 9.17) is 4.74 Å². The normalized spacial score (nSPS) is 17.5. The van der Waals surface area contributed by atoms with Crippen LogP contribution in [0.3, 0.4) is 0 Å². The zero-order valence-corrected chi connectivity index (χ0v) is 18.3. The molecule has 7 heteroatoms. The van der Waals surface area contributed by atoms with Gasteiger partial charge in [0, 0.05) is 6.54 Å². The van der Waals surface area contributed by atoms with Gasteiger partial charge in [0.1, 0.15) is 18.7 Å².